The largest absolute Gasteiger partial charge is 0.369 e. The van der Waals surface area contributed by atoms with Crippen molar-refractivity contribution >= 4 is 0 Å². The van der Waals surface area contributed by atoms with Crippen molar-refractivity contribution in [2.75, 3.05) is 6.61 Å². The van der Waals surface area contributed by atoms with Gasteiger partial charge in [0.2, 0.25) is 0 Å². The highest BCUT2D eigenvalue weighted by Crippen LogP contribution is 2.25. The van der Waals surface area contributed by atoms with Gasteiger partial charge in [-0.2, -0.15) is 0 Å². The van der Waals surface area contributed by atoms with Crippen molar-refractivity contribution in [3.05, 3.63) is 47.5 Å². The zero-order valence-electron chi connectivity index (χ0n) is 7.86. The topological polar surface area (TPSA) is 9.23 Å². The highest BCUT2D eigenvalue weighted by atomic mass is 16.5. The van der Waals surface area contributed by atoms with Crippen molar-refractivity contribution in [3.63, 3.8) is 0 Å². The van der Waals surface area contributed by atoms with Gasteiger partial charge < -0.3 is 4.74 Å². The van der Waals surface area contributed by atoms with E-state index in [0.29, 0.717) is 0 Å². The fourth-order valence-electron chi connectivity index (χ4n) is 1.57. The Morgan fingerprint density at radius 1 is 1.23 bits per heavy atom. The molecule has 0 saturated heterocycles. The summed E-state index contributed by atoms with van der Waals surface area (Å²) >= 11 is 0. The quantitative estimate of drug-likeness (QED) is 0.594. The number of ether oxygens (including phenoxy) is 1. The zero-order valence-corrected chi connectivity index (χ0v) is 7.86. The van der Waals surface area contributed by atoms with E-state index in [4.69, 9.17) is 4.74 Å². The average Bonchev–Trinajstić information content (AvgIpc) is 2.19. The summed E-state index contributed by atoms with van der Waals surface area (Å²) in [5, 5.41) is 0. The Morgan fingerprint density at radius 3 is 2.69 bits per heavy atom. The Labute approximate surface area is 79.0 Å². The van der Waals surface area contributed by atoms with E-state index in [0.717, 1.165) is 13.0 Å². The molecule has 2 rings (SSSR count). The first-order valence-electron chi connectivity index (χ1n) is 4.70. The van der Waals surface area contributed by atoms with Gasteiger partial charge in [0.25, 0.3) is 0 Å². The molecule has 0 aromatic heterocycles. The molecule has 0 radical (unpaired) electrons. The van der Waals surface area contributed by atoms with E-state index in [1.165, 1.54) is 11.1 Å². The minimum absolute atomic E-state index is 0.176. The van der Waals surface area contributed by atoms with Crippen LogP contribution in [0.5, 0.6) is 0 Å². The second-order valence-corrected chi connectivity index (χ2v) is 3.47. The molecule has 1 aliphatic heterocycles. The van der Waals surface area contributed by atoms with Gasteiger partial charge in [-0.05, 0) is 18.9 Å². The molecule has 13 heavy (non-hydrogen) atoms. The van der Waals surface area contributed by atoms with E-state index < -0.39 is 0 Å². The molecular formula is C12H14O. The van der Waals surface area contributed by atoms with Gasteiger partial charge in [-0.1, -0.05) is 42.0 Å². The first-order chi connectivity index (χ1) is 6.36. The van der Waals surface area contributed by atoms with Crippen LogP contribution in [-0.4, -0.2) is 6.61 Å². The number of benzene rings is 1. The van der Waals surface area contributed by atoms with Gasteiger partial charge in [0, 0.05) is 0 Å². The van der Waals surface area contributed by atoms with Crippen LogP contribution in [0.3, 0.4) is 0 Å². The fourth-order valence-corrected chi connectivity index (χ4v) is 1.57. The van der Waals surface area contributed by atoms with E-state index in [-0.39, 0.29) is 6.10 Å². The molecule has 0 spiro atoms. The lowest BCUT2D eigenvalue weighted by Gasteiger charge is -2.20. The lowest BCUT2D eigenvalue weighted by Crippen LogP contribution is -2.09. The summed E-state index contributed by atoms with van der Waals surface area (Å²) in [5.41, 5.74) is 2.68. The minimum atomic E-state index is 0.176. The molecule has 1 aromatic rings. The molecule has 0 aliphatic carbocycles. The Kier molecular flexibility index (Phi) is 2.46. The summed E-state index contributed by atoms with van der Waals surface area (Å²) in [7, 11) is 0. The summed E-state index contributed by atoms with van der Waals surface area (Å²) < 4.78 is 5.66. The van der Waals surface area contributed by atoms with Crippen LogP contribution in [0.15, 0.2) is 42.0 Å². The molecule has 1 aliphatic rings. The van der Waals surface area contributed by atoms with Crippen LogP contribution in [0.2, 0.25) is 0 Å². The molecule has 1 heteroatoms. The van der Waals surface area contributed by atoms with Gasteiger partial charge in [0.05, 0.1) is 6.61 Å². The summed E-state index contributed by atoms with van der Waals surface area (Å²) in [5.74, 6) is 0. The normalized spacial score (nSPS) is 22.5. The van der Waals surface area contributed by atoms with Crippen molar-refractivity contribution in [2.45, 2.75) is 19.4 Å². The van der Waals surface area contributed by atoms with Crippen LogP contribution in [0.4, 0.5) is 0 Å². The third-order valence-corrected chi connectivity index (χ3v) is 2.36. The smallest absolute Gasteiger partial charge is 0.101 e. The minimum Gasteiger partial charge on any atom is -0.369 e. The van der Waals surface area contributed by atoms with Crippen LogP contribution in [0.1, 0.15) is 25.0 Å². The van der Waals surface area contributed by atoms with Crippen molar-refractivity contribution in [2.24, 2.45) is 0 Å². The molecule has 68 valence electrons. The van der Waals surface area contributed by atoms with Crippen LogP contribution in [-0.2, 0) is 4.74 Å². The number of hydrogen-bond acceptors (Lipinski definition) is 1. The van der Waals surface area contributed by atoms with E-state index in [1.807, 2.05) is 6.07 Å². The molecular weight excluding hydrogens is 160 g/mol. The zero-order chi connectivity index (χ0) is 9.10. The first kappa shape index (κ1) is 8.52. The maximum absolute atomic E-state index is 5.66. The van der Waals surface area contributed by atoms with Gasteiger partial charge >= 0.3 is 0 Å². The monoisotopic (exact) mass is 174 g/mol. The molecule has 0 unspecified atom stereocenters. The van der Waals surface area contributed by atoms with E-state index in [2.05, 4.69) is 37.3 Å². The van der Waals surface area contributed by atoms with E-state index in [9.17, 15) is 0 Å². The van der Waals surface area contributed by atoms with E-state index in [1.54, 1.807) is 0 Å². The predicted octanol–water partition coefficient (Wildman–Crippen LogP) is 3.09. The molecule has 0 fully saturated rings. The molecule has 0 bridgehead atoms. The second kappa shape index (κ2) is 3.75. The molecule has 0 N–H and O–H groups in total. The van der Waals surface area contributed by atoms with Crippen molar-refractivity contribution in [1.82, 2.24) is 0 Å². The highest BCUT2D eigenvalue weighted by molar-refractivity contribution is 5.23. The summed E-state index contributed by atoms with van der Waals surface area (Å²) in [4.78, 5) is 0. The van der Waals surface area contributed by atoms with Crippen LogP contribution in [0.25, 0.3) is 0 Å². The average molecular weight is 174 g/mol. The summed E-state index contributed by atoms with van der Waals surface area (Å²) in [6.07, 6.45) is 3.46. The Bertz CT molecular complexity index is 300. The van der Waals surface area contributed by atoms with Crippen LogP contribution in [0, 0.1) is 0 Å². The SMILES string of the molecule is CC1=C[C@@H](c2ccccc2)OCC1. The molecule has 1 aromatic carbocycles. The summed E-state index contributed by atoms with van der Waals surface area (Å²) in [6.45, 7) is 3.01. The second-order valence-electron chi connectivity index (χ2n) is 3.47. The standard InChI is InChI=1S/C12H14O/c1-10-7-8-13-12(9-10)11-5-3-2-4-6-11/h2-6,9,12H,7-8H2,1H3/t12-/m0/s1. The van der Waals surface area contributed by atoms with Gasteiger partial charge in [0.15, 0.2) is 0 Å². The summed E-state index contributed by atoms with van der Waals surface area (Å²) in [6, 6.07) is 10.4. The maximum Gasteiger partial charge on any atom is 0.101 e. The lowest BCUT2D eigenvalue weighted by atomic mass is 10.0. The Morgan fingerprint density at radius 2 is 2.00 bits per heavy atom. The van der Waals surface area contributed by atoms with Gasteiger partial charge in [0.1, 0.15) is 6.10 Å². The fraction of sp³-hybridized carbons (Fsp3) is 0.333. The molecule has 0 saturated carbocycles. The number of rotatable bonds is 1. The van der Waals surface area contributed by atoms with Gasteiger partial charge in [-0.25, -0.2) is 0 Å². The van der Waals surface area contributed by atoms with E-state index >= 15 is 0 Å². The van der Waals surface area contributed by atoms with Crippen molar-refractivity contribution in [1.29, 1.82) is 0 Å². The Balaban J connectivity index is 2.22. The third-order valence-electron chi connectivity index (χ3n) is 2.36. The van der Waals surface area contributed by atoms with Gasteiger partial charge in [-0.15, -0.1) is 0 Å². The lowest BCUT2D eigenvalue weighted by molar-refractivity contribution is 0.0769. The Hall–Kier alpha value is -1.08. The molecule has 0 amide bonds. The molecule has 1 heterocycles. The molecule has 1 nitrogen and oxygen atoms in total. The van der Waals surface area contributed by atoms with Crippen LogP contribution < -0.4 is 0 Å². The van der Waals surface area contributed by atoms with Gasteiger partial charge in [-0.3, -0.25) is 0 Å². The van der Waals surface area contributed by atoms with Crippen LogP contribution >= 0.6 is 0 Å². The highest BCUT2D eigenvalue weighted by Gasteiger charge is 2.12. The third kappa shape index (κ3) is 1.99. The maximum atomic E-state index is 5.66. The first-order valence-corrected chi connectivity index (χ1v) is 4.70. The molecule has 1 atom stereocenters. The predicted molar refractivity (Wildman–Crippen MR) is 53.5 cm³/mol. The van der Waals surface area contributed by atoms with Crippen molar-refractivity contribution in [3.8, 4) is 0 Å². The van der Waals surface area contributed by atoms with Crippen molar-refractivity contribution < 1.29 is 4.74 Å². The number of hydrogen-bond donors (Lipinski definition) is 0.